The van der Waals surface area contributed by atoms with Crippen LogP contribution in [0.1, 0.15) is 32.1 Å². The number of carbonyl (C=O) groups is 2. The van der Waals surface area contributed by atoms with Crippen molar-refractivity contribution in [1.82, 2.24) is 15.1 Å². The van der Waals surface area contributed by atoms with Gasteiger partial charge in [0.05, 0.1) is 12.5 Å². The number of rotatable bonds is 4. The topological polar surface area (TPSA) is 52.7 Å². The molecule has 3 fully saturated rings. The van der Waals surface area contributed by atoms with E-state index in [9.17, 15) is 9.59 Å². The van der Waals surface area contributed by atoms with E-state index in [-0.39, 0.29) is 17.9 Å². The van der Waals surface area contributed by atoms with Gasteiger partial charge in [0, 0.05) is 25.7 Å². The van der Waals surface area contributed by atoms with Crippen LogP contribution in [0.3, 0.4) is 0 Å². The van der Waals surface area contributed by atoms with Crippen LogP contribution in [0.2, 0.25) is 0 Å². The van der Waals surface area contributed by atoms with Gasteiger partial charge < -0.3 is 5.32 Å². The molecule has 2 saturated heterocycles. The summed E-state index contributed by atoms with van der Waals surface area (Å²) in [5.41, 5.74) is 0. The number of nitrogens with zero attached hydrogens (tertiary/aromatic N) is 2. The van der Waals surface area contributed by atoms with Gasteiger partial charge in [-0.1, -0.05) is 0 Å². The lowest BCUT2D eigenvalue weighted by Gasteiger charge is -2.29. The van der Waals surface area contributed by atoms with Gasteiger partial charge >= 0.3 is 0 Å². The van der Waals surface area contributed by atoms with Gasteiger partial charge in [-0.15, -0.1) is 0 Å². The highest BCUT2D eigenvalue weighted by Gasteiger charge is 2.45. The molecule has 2 heterocycles. The van der Waals surface area contributed by atoms with E-state index in [2.05, 4.69) is 10.2 Å². The predicted octanol–water partition coefficient (Wildman–Crippen LogP) is -0.0399. The van der Waals surface area contributed by atoms with Crippen molar-refractivity contribution in [2.75, 3.05) is 20.1 Å². The van der Waals surface area contributed by atoms with Gasteiger partial charge in [-0.2, -0.15) is 0 Å². The van der Waals surface area contributed by atoms with Crippen molar-refractivity contribution in [3.8, 4) is 0 Å². The van der Waals surface area contributed by atoms with E-state index in [1.54, 1.807) is 7.05 Å². The Morgan fingerprint density at radius 1 is 1.33 bits per heavy atom. The Labute approximate surface area is 107 Å². The van der Waals surface area contributed by atoms with E-state index in [0.29, 0.717) is 18.5 Å². The van der Waals surface area contributed by atoms with Crippen molar-refractivity contribution < 1.29 is 9.59 Å². The number of carbonyl (C=O) groups excluding carboxylic acids is 2. The first-order valence-electron chi connectivity index (χ1n) is 6.96. The van der Waals surface area contributed by atoms with E-state index >= 15 is 0 Å². The summed E-state index contributed by atoms with van der Waals surface area (Å²) in [5, 5.41) is 3.48. The zero-order valence-electron chi connectivity index (χ0n) is 10.9. The number of imide groups is 1. The summed E-state index contributed by atoms with van der Waals surface area (Å²) in [4.78, 5) is 27.3. The van der Waals surface area contributed by atoms with Crippen LogP contribution < -0.4 is 5.32 Å². The van der Waals surface area contributed by atoms with Gasteiger partial charge in [0.2, 0.25) is 11.8 Å². The molecule has 0 bridgehead atoms. The third kappa shape index (κ3) is 2.17. The molecule has 5 heteroatoms. The van der Waals surface area contributed by atoms with Crippen LogP contribution in [-0.2, 0) is 9.59 Å². The third-order valence-corrected chi connectivity index (χ3v) is 4.37. The molecule has 1 saturated carbocycles. The van der Waals surface area contributed by atoms with Crippen molar-refractivity contribution in [1.29, 1.82) is 0 Å². The van der Waals surface area contributed by atoms with Gasteiger partial charge in [0.15, 0.2) is 0 Å². The second-order valence-corrected chi connectivity index (χ2v) is 5.73. The molecule has 18 heavy (non-hydrogen) atoms. The Kier molecular flexibility index (Phi) is 3.11. The van der Waals surface area contributed by atoms with Crippen molar-refractivity contribution in [2.45, 2.75) is 50.2 Å². The maximum absolute atomic E-state index is 12.1. The van der Waals surface area contributed by atoms with Gasteiger partial charge in [-0.3, -0.25) is 19.4 Å². The molecule has 0 spiro atoms. The fraction of sp³-hybridized carbons (Fsp3) is 0.846. The average molecular weight is 251 g/mol. The van der Waals surface area contributed by atoms with E-state index < -0.39 is 0 Å². The zero-order valence-corrected chi connectivity index (χ0v) is 10.9. The molecule has 2 unspecified atom stereocenters. The monoisotopic (exact) mass is 251 g/mol. The molecule has 1 N–H and O–H groups in total. The number of hydrogen-bond donors (Lipinski definition) is 1. The Bertz CT molecular complexity index is 361. The van der Waals surface area contributed by atoms with E-state index in [1.807, 2.05) is 0 Å². The summed E-state index contributed by atoms with van der Waals surface area (Å²) in [7, 11) is 1.60. The van der Waals surface area contributed by atoms with Crippen LogP contribution in [-0.4, -0.2) is 59.9 Å². The first-order valence-corrected chi connectivity index (χ1v) is 6.96. The Balaban J connectivity index is 1.69. The van der Waals surface area contributed by atoms with Crippen LogP contribution >= 0.6 is 0 Å². The minimum atomic E-state index is -0.197. The van der Waals surface area contributed by atoms with E-state index in [1.165, 1.54) is 30.6 Å². The molecular weight excluding hydrogens is 230 g/mol. The van der Waals surface area contributed by atoms with Crippen LogP contribution in [0.25, 0.3) is 0 Å². The second kappa shape index (κ2) is 4.63. The summed E-state index contributed by atoms with van der Waals surface area (Å²) in [6, 6.07) is 0.831. The minimum absolute atomic E-state index is 0.00935. The first-order chi connectivity index (χ1) is 8.66. The maximum Gasteiger partial charge on any atom is 0.246 e. The van der Waals surface area contributed by atoms with Crippen LogP contribution in [0.4, 0.5) is 0 Å². The minimum Gasteiger partial charge on any atom is -0.313 e. The Morgan fingerprint density at radius 3 is 2.61 bits per heavy atom. The molecule has 3 rings (SSSR count). The number of likely N-dealkylation sites (N-methyl/N-ethyl adjacent to an activating group) is 1. The molecule has 0 aromatic carbocycles. The Morgan fingerprint density at radius 2 is 2.11 bits per heavy atom. The van der Waals surface area contributed by atoms with Crippen molar-refractivity contribution in [3.63, 3.8) is 0 Å². The summed E-state index contributed by atoms with van der Waals surface area (Å²) < 4.78 is 0. The first kappa shape index (κ1) is 12.1. The fourth-order valence-corrected chi connectivity index (χ4v) is 3.10. The maximum atomic E-state index is 12.1. The van der Waals surface area contributed by atoms with Gasteiger partial charge in [-0.05, 0) is 32.2 Å². The standard InChI is InChI=1S/C13H21N3O2/c1-15-12(17)7-11(13(15)18)16(10-4-5-10)8-9-3-2-6-14-9/h9-11,14H,2-8H2,1H3. The van der Waals surface area contributed by atoms with Crippen LogP contribution in [0.15, 0.2) is 0 Å². The molecule has 1 aliphatic carbocycles. The summed E-state index contributed by atoms with van der Waals surface area (Å²) in [6.45, 7) is 2.00. The molecule has 2 atom stereocenters. The van der Waals surface area contributed by atoms with Crippen LogP contribution in [0, 0.1) is 0 Å². The van der Waals surface area contributed by atoms with Crippen molar-refractivity contribution >= 4 is 11.8 Å². The predicted molar refractivity (Wildman–Crippen MR) is 66.9 cm³/mol. The smallest absolute Gasteiger partial charge is 0.246 e. The summed E-state index contributed by atoms with van der Waals surface area (Å²) in [5.74, 6) is -0.0417. The second-order valence-electron chi connectivity index (χ2n) is 5.73. The Hall–Kier alpha value is -0.940. The van der Waals surface area contributed by atoms with Gasteiger partial charge in [-0.25, -0.2) is 0 Å². The highest BCUT2D eigenvalue weighted by atomic mass is 16.2. The number of likely N-dealkylation sites (tertiary alicyclic amines) is 1. The summed E-state index contributed by atoms with van der Waals surface area (Å²) in [6.07, 6.45) is 5.13. The van der Waals surface area contributed by atoms with Crippen LogP contribution in [0.5, 0.6) is 0 Å². The van der Waals surface area contributed by atoms with E-state index in [4.69, 9.17) is 0 Å². The normalized spacial score (nSPS) is 32.9. The van der Waals surface area contributed by atoms with Crippen molar-refractivity contribution in [3.05, 3.63) is 0 Å². The molecule has 0 radical (unpaired) electrons. The number of amides is 2. The SMILES string of the molecule is CN1C(=O)CC(N(CC2CCCN2)C2CC2)C1=O. The summed E-state index contributed by atoms with van der Waals surface area (Å²) >= 11 is 0. The molecule has 100 valence electrons. The van der Waals surface area contributed by atoms with Crippen molar-refractivity contribution in [2.24, 2.45) is 0 Å². The lowest BCUT2D eigenvalue weighted by atomic mass is 10.1. The molecular formula is C13H21N3O2. The van der Waals surface area contributed by atoms with Gasteiger partial charge in [0.25, 0.3) is 0 Å². The highest BCUT2D eigenvalue weighted by molar-refractivity contribution is 6.05. The van der Waals surface area contributed by atoms with Gasteiger partial charge in [0.1, 0.15) is 0 Å². The molecule has 0 aromatic heterocycles. The lowest BCUT2D eigenvalue weighted by molar-refractivity contribution is -0.138. The lowest BCUT2D eigenvalue weighted by Crippen LogP contribution is -2.47. The quantitative estimate of drug-likeness (QED) is 0.712. The average Bonchev–Trinajstić information content (AvgIpc) is 3.02. The van der Waals surface area contributed by atoms with E-state index in [0.717, 1.165) is 13.1 Å². The number of nitrogens with one attached hydrogen (secondary N) is 1. The highest BCUT2D eigenvalue weighted by Crippen LogP contribution is 2.32. The largest absolute Gasteiger partial charge is 0.313 e. The fourth-order valence-electron chi connectivity index (χ4n) is 3.10. The molecule has 2 amide bonds. The zero-order chi connectivity index (χ0) is 12.7. The molecule has 2 aliphatic heterocycles. The molecule has 3 aliphatic rings. The molecule has 5 nitrogen and oxygen atoms in total. The third-order valence-electron chi connectivity index (χ3n) is 4.37. The number of hydrogen-bond acceptors (Lipinski definition) is 4. The molecule has 0 aromatic rings.